The van der Waals surface area contributed by atoms with Crippen LogP contribution in [0.2, 0.25) is 5.02 Å². The SMILES string of the molecule is CCC(CO)Nc1cnn(CCO)c(=O)c1Cl. The third kappa shape index (κ3) is 3.42. The van der Waals surface area contributed by atoms with E-state index in [1.54, 1.807) is 0 Å². The molecule has 0 aromatic carbocycles. The fourth-order valence-electron chi connectivity index (χ4n) is 1.32. The van der Waals surface area contributed by atoms with E-state index in [9.17, 15) is 4.79 Å². The van der Waals surface area contributed by atoms with Crippen LogP contribution in [0.15, 0.2) is 11.0 Å². The molecule has 0 spiro atoms. The summed E-state index contributed by atoms with van der Waals surface area (Å²) in [4.78, 5) is 11.7. The number of aliphatic hydroxyl groups is 2. The number of anilines is 1. The number of aromatic nitrogens is 2. The number of nitrogens with zero attached hydrogens (tertiary/aromatic N) is 2. The highest BCUT2D eigenvalue weighted by molar-refractivity contribution is 6.32. The molecule has 1 atom stereocenters. The van der Waals surface area contributed by atoms with Gasteiger partial charge in [0.25, 0.3) is 5.56 Å². The highest BCUT2D eigenvalue weighted by atomic mass is 35.5. The summed E-state index contributed by atoms with van der Waals surface area (Å²) in [7, 11) is 0. The second-order valence-electron chi connectivity index (χ2n) is 3.56. The minimum Gasteiger partial charge on any atom is -0.394 e. The minimum absolute atomic E-state index is 0.0142. The van der Waals surface area contributed by atoms with Crippen molar-refractivity contribution < 1.29 is 10.2 Å². The van der Waals surface area contributed by atoms with E-state index < -0.39 is 5.56 Å². The van der Waals surface area contributed by atoms with Crippen LogP contribution >= 0.6 is 11.6 Å². The molecule has 1 rings (SSSR count). The van der Waals surface area contributed by atoms with Gasteiger partial charge in [-0.1, -0.05) is 18.5 Å². The van der Waals surface area contributed by atoms with Gasteiger partial charge in [-0.25, -0.2) is 4.68 Å². The van der Waals surface area contributed by atoms with E-state index in [1.165, 1.54) is 6.20 Å². The van der Waals surface area contributed by atoms with Crippen LogP contribution in [0.4, 0.5) is 5.69 Å². The molecule has 3 N–H and O–H groups in total. The molecule has 0 aliphatic heterocycles. The molecule has 1 aromatic heterocycles. The first-order valence-corrected chi connectivity index (χ1v) is 5.75. The molecule has 96 valence electrons. The third-order valence-electron chi connectivity index (χ3n) is 2.37. The van der Waals surface area contributed by atoms with Crippen LogP contribution in [0.3, 0.4) is 0 Å². The van der Waals surface area contributed by atoms with Gasteiger partial charge in [0.1, 0.15) is 5.02 Å². The summed E-state index contributed by atoms with van der Waals surface area (Å²) in [6.07, 6.45) is 2.12. The van der Waals surface area contributed by atoms with Crippen LogP contribution < -0.4 is 10.9 Å². The van der Waals surface area contributed by atoms with E-state index in [0.717, 1.165) is 4.68 Å². The first kappa shape index (κ1) is 14.0. The lowest BCUT2D eigenvalue weighted by Gasteiger charge is -2.16. The molecule has 0 bridgehead atoms. The lowest BCUT2D eigenvalue weighted by atomic mass is 10.2. The summed E-state index contributed by atoms with van der Waals surface area (Å²) in [5.41, 5.74) is -0.0646. The molecule has 17 heavy (non-hydrogen) atoms. The van der Waals surface area contributed by atoms with Crippen molar-refractivity contribution in [3.05, 3.63) is 21.6 Å². The summed E-state index contributed by atoms with van der Waals surface area (Å²) < 4.78 is 1.09. The zero-order valence-corrected chi connectivity index (χ0v) is 10.3. The average molecular weight is 262 g/mol. The molecule has 0 radical (unpaired) electrons. The minimum atomic E-state index is -0.460. The van der Waals surface area contributed by atoms with Crippen molar-refractivity contribution in [1.82, 2.24) is 9.78 Å². The summed E-state index contributed by atoms with van der Waals surface area (Å²) in [6, 6.07) is -0.164. The van der Waals surface area contributed by atoms with Gasteiger partial charge in [0, 0.05) is 6.04 Å². The molecular weight excluding hydrogens is 246 g/mol. The maximum absolute atomic E-state index is 11.7. The molecule has 0 amide bonds. The second kappa shape index (κ2) is 6.58. The molecule has 0 saturated carbocycles. The molecule has 0 saturated heterocycles. The Hall–Kier alpha value is -1.11. The molecule has 7 heteroatoms. The van der Waals surface area contributed by atoms with Crippen LogP contribution in [0.1, 0.15) is 13.3 Å². The molecular formula is C10H16ClN3O3. The van der Waals surface area contributed by atoms with E-state index in [2.05, 4.69) is 10.4 Å². The normalized spacial score (nSPS) is 12.5. The van der Waals surface area contributed by atoms with Crippen LogP contribution in [0.5, 0.6) is 0 Å². The van der Waals surface area contributed by atoms with Crippen LogP contribution in [-0.2, 0) is 6.54 Å². The Morgan fingerprint density at radius 1 is 1.59 bits per heavy atom. The fraction of sp³-hybridized carbons (Fsp3) is 0.600. The van der Waals surface area contributed by atoms with Crippen molar-refractivity contribution in [3.8, 4) is 0 Å². The van der Waals surface area contributed by atoms with Crippen molar-refractivity contribution >= 4 is 17.3 Å². The molecule has 0 aliphatic rings. The van der Waals surface area contributed by atoms with Crippen molar-refractivity contribution in [3.63, 3.8) is 0 Å². The Bertz CT molecular complexity index is 418. The topological polar surface area (TPSA) is 87.4 Å². The zero-order valence-electron chi connectivity index (χ0n) is 9.56. The predicted octanol–water partition coefficient (Wildman–Crippen LogP) is 0.0718. The van der Waals surface area contributed by atoms with E-state index in [-0.39, 0.29) is 30.8 Å². The van der Waals surface area contributed by atoms with Crippen molar-refractivity contribution in [1.29, 1.82) is 0 Å². The van der Waals surface area contributed by atoms with Gasteiger partial charge in [-0.15, -0.1) is 0 Å². The highest BCUT2D eigenvalue weighted by Gasteiger charge is 2.12. The lowest BCUT2D eigenvalue weighted by molar-refractivity contribution is 0.266. The van der Waals surface area contributed by atoms with Gasteiger partial charge in [-0.2, -0.15) is 5.10 Å². The molecule has 1 unspecified atom stereocenters. The number of hydrogen-bond donors (Lipinski definition) is 3. The summed E-state index contributed by atoms with van der Waals surface area (Å²) in [5.74, 6) is 0. The second-order valence-corrected chi connectivity index (χ2v) is 3.93. The van der Waals surface area contributed by atoms with Gasteiger partial charge >= 0.3 is 0 Å². The van der Waals surface area contributed by atoms with Crippen LogP contribution in [0, 0.1) is 0 Å². The van der Waals surface area contributed by atoms with Gasteiger partial charge in [0.05, 0.1) is 31.6 Å². The molecule has 0 aliphatic carbocycles. The number of aliphatic hydroxyl groups excluding tert-OH is 2. The molecule has 6 nitrogen and oxygen atoms in total. The standard InChI is InChI=1S/C10H16ClN3O3/c1-2-7(6-16)13-8-5-12-14(3-4-15)10(17)9(8)11/h5,7,13,15-16H,2-4,6H2,1H3. The van der Waals surface area contributed by atoms with E-state index in [4.69, 9.17) is 21.8 Å². The summed E-state index contributed by atoms with van der Waals surface area (Å²) >= 11 is 5.89. The van der Waals surface area contributed by atoms with Crippen LogP contribution in [0.25, 0.3) is 0 Å². The first-order valence-electron chi connectivity index (χ1n) is 5.37. The highest BCUT2D eigenvalue weighted by Crippen LogP contribution is 2.16. The summed E-state index contributed by atoms with van der Waals surface area (Å²) in [5, 5.41) is 24.6. The van der Waals surface area contributed by atoms with Crippen molar-refractivity contribution in [2.24, 2.45) is 0 Å². The van der Waals surface area contributed by atoms with E-state index in [0.29, 0.717) is 12.1 Å². The Morgan fingerprint density at radius 2 is 2.29 bits per heavy atom. The van der Waals surface area contributed by atoms with Gasteiger partial charge < -0.3 is 15.5 Å². The zero-order chi connectivity index (χ0) is 12.8. The average Bonchev–Trinajstić information content (AvgIpc) is 2.34. The Balaban J connectivity index is 2.96. The number of halogens is 1. The van der Waals surface area contributed by atoms with Gasteiger partial charge in [-0.05, 0) is 6.42 Å². The lowest BCUT2D eigenvalue weighted by Crippen LogP contribution is -2.28. The Labute approximate surface area is 104 Å². The Morgan fingerprint density at radius 3 is 2.82 bits per heavy atom. The first-order chi connectivity index (χ1) is 8.13. The number of rotatable bonds is 6. The number of hydrogen-bond acceptors (Lipinski definition) is 5. The van der Waals surface area contributed by atoms with Gasteiger partial charge in [0.2, 0.25) is 0 Å². The smallest absolute Gasteiger partial charge is 0.287 e. The third-order valence-corrected chi connectivity index (χ3v) is 2.73. The fourth-order valence-corrected chi connectivity index (χ4v) is 1.52. The largest absolute Gasteiger partial charge is 0.394 e. The van der Waals surface area contributed by atoms with Crippen LogP contribution in [-0.4, -0.2) is 39.2 Å². The van der Waals surface area contributed by atoms with Crippen molar-refractivity contribution in [2.45, 2.75) is 25.9 Å². The number of nitrogens with one attached hydrogen (secondary N) is 1. The molecule has 0 fully saturated rings. The van der Waals surface area contributed by atoms with E-state index in [1.807, 2.05) is 6.92 Å². The Kier molecular flexibility index (Phi) is 5.40. The molecule has 1 heterocycles. The van der Waals surface area contributed by atoms with Gasteiger partial charge in [-0.3, -0.25) is 4.79 Å². The summed E-state index contributed by atoms with van der Waals surface area (Å²) in [6.45, 7) is 1.79. The maximum Gasteiger partial charge on any atom is 0.287 e. The van der Waals surface area contributed by atoms with Crippen molar-refractivity contribution in [2.75, 3.05) is 18.5 Å². The van der Waals surface area contributed by atoms with E-state index >= 15 is 0 Å². The molecule has 1 aromatic rings. The maximum atomic E-state index is 11.7. The van der Waals surface area contributed by atoms with Gasteiger partial charge in [0.15, 0.2) is 0 Å². The monoisotopic (exact) mass is 261 g/mol. The quantitative estimate of drug-likeness (QED) is 0.675. The predicted molar refractivity (Wildman–Crippen MR) is 65.4 cm³/mol.